The van der Waals surface area contributed by atoms with Crippen molar-refractivity contribution in [3.8, 4) is 5.75 Å². The molecule has 20 heavy (non-hydrogen) atoms. The van der Waals surface area contributed by atoms with Crippen molar-refractivity contribution in [1.29, 1.82) is 0 Å². The highest BCUT2D eigenvalue weighted by molar-refractivity contribution is 5.87. The zero-order valence-electron chi connectivity index (χ0n) is 11.6. The lowest BCUT2D eigenvalue weighted by atomic mass is 10.2. The van der Waals surface area contributed by atoms with E-state index in [0.29, 0.717) is 18.4 Å². The average Bonchev–Trinajstić information content (AvgIpc) is 2.93. The highest BCUT2D eigenvalue weighted by atomic mass is 16.5. The van der Waals surface area contributed by atoms with E-state index in [-0.39, 0.29) is 5.56 Å². The largest absolute Gasteiger partial charge is 0.487 e. The number of ether oxygens (including phenoxy) is 1. The molecule has 2 aromatic rings. The first kappa shape index (κ1) is 14.1. The minimum absolute atomic E-state index is 0.215. The smallest absolute Gasteiger partial charge is 0.335 e. The molecule has 0 spiro atoms. The number of rotatable bonds is 6. The summed E-state index contributed by atoms with van der Waals surface area (Å²) in [4.78, 5) is 10.9. The predicted octanol–water partition coefficient (Wildman–Crippen LogP) is 3.13. The van der Waals surface area contributed by atoms with Gasteiger partial charge in [-0.3, -0.25) is 4.68 Å². The average molecular weight is 274 g/mol. The van der Waals surface area contributed by atoms with Gasteiger partial charge >= 0.3 is 5.97 Å². The highest BCUT2D eigenvalue weighted by Crippen LogP contribution is 2.15. The molecule has 5 nitrogen and oxygen atoms in total. The van der Waals surface area contributed by atoms with Crippen molar-refractivity contribution in [3.05, 3.63) is 47.8 Å². The van der Waals surface area contributed by atoms with E-state index < -0.39 is 5.97 Å². The Morgan fingerprint density at radius 3 is 2.95 bits per heavy atom. The maximum atomic E-state index is 10.9. The normalized spacial score (nSPS) is 12.1. The first-order valence-corrected chi connectivity index (χ1v) is 6.60. The van der Waals surface area contributed by atoms with Crippen molar-refractivity contribution < 1.29 is 14.6 Å². The summed E-state index contributed by atoms with van der Waals surface area (Å²) in [5.74, 6) is -0.431. The summed E-state index contributed by atoms with van der Waals surface area (Å²) in [7, 11) is 0. The Balaban J connectivity index is 2.00. The lowest BCUT2D eigenvalue weighted by Gasteiger charge is -2.08. The number of nitrogens with zero attached hydrogens (tertiary/aromatic N) is 2. The van der Waals surface area contributed by atoms with Crippen LogP contribution in [-0.2, 0) is 6.61 Å². The SMILES string of the molecule is CCC(C)n1ccc(COc2cccc(C(=O)O)c2)n1. The summed E-state index contributed by atoms with van der Waals surface area (Å²) in [6.45, 7) is 4.54. The Hall–Kier alpha value is -2.30. The van der Waals surface area contributed by atoms with Gasteiger partial charge in [-0.1, -0.05) is 13.0 Å². The molecule has 2 rings (SSSR count). The van der Waals surface area contributed by atoms with Gasteiger partial charge in [-0.05, 0) is 37.6 Å². The van der Waals surface area contributed by atoms with Crippen LogP contribution in [0.4, 0.5) is 0 Å². The van der Waals surface area contributed by atoms with Crippen molar-refractivity contribution in [2.75, 3.05) is 0 Å². The molecule has 0 radical (unpaired) electrons. The van der Waals surface area contributed by atoms with Crippen LogP contribution in [0.25, 0.3) is 0 Å². The van der Waals surface area contributed by atoms with E-state index in [1.807, 2.05) is 16.9 Å². The van der Waals surface area contributed by atoms with Gasteiger partial charge in [-0.25, -0.2) is 4.79 Å². The minimum Gasteiger partial charge on any atom is -0.487 e. The van der Waals surface area contributed by atoms with Crippen molar-refractivity contribution in [3.63, 3.8) is 0 Å². The second-order valence-electron chi connectivity index (χ2n) is 4.67. The van der Waals surface area contributed by atoms with Crippen LogP contribution in [0.2, 0.25) is 0 Å². The lowest BCUT2D eigenvalue weighted by Crippen LogP contribution is -2.06. The van der Waals surface area contributed by atoms with Gasteiger partial charge in [0.25, 0.3) is 0 Å². The topological polar surface area (TPSA) is 64.3 Å². The van der Waals surface area contributed by atoms with Gasteiger partial charge in [0.05, 0.1) is 11.3 Å². The molecule has 0 aliphatic heterocycles. The van der Waals surface area contributed by atoms with Crippen LogP contribution >= 0.6 is 0 Å². The quantitative estimate of drug-likeness (QED) is 0.879. The first-order chi connectivity index (χ1) is 9.60. The van der Waals surface area contributed by atoms with Crippen LogP contribution in [-0.4, -0.2) is 20.9 Å². The van der Waals surface area contributed by atoms with Crippen LogP contribution in [0.3, 0.4) is 0 Å². The molecule has 1 aromatic carbocycles. The lowest BCUT2D eigenvalue weighted by molar-refractivity contribution is 0.0696. The van der Waals surface area contributed by atoms with Crippen molar-refractivity contribution in [2.45, 2.75) is 32.9 Å². The third kappa shape index (κ3) is 3.38. The highest BCUT2D eigenvalue weighted by Gasteiger charge is 2.07. The molecule has 1 N–H and O–H groups in total. The number of carbonyl (C=O) groups is 1. The number of carboxylic acids is 1. The number of carboxylic acid groups (broad SMARTS) is 1. The fourth-order valence-electron chi connectivity index (χ4n) is 1.76. The Bertz CT molecular complexity index is 592. The molecule has 0 aliphatic rings. The van der Waals surface area contributed by atoms with Gasteiger partial charge < -0.3 is 9.84 Å². The van der Waals surface area contributed by atoms with Crippen LogP contribution in [0.15, 0.2) is 36.5 Å². The zero-order valence-corrected chi connectivity index (χ0v) is 11.6. The van der Waals surface area contributed by atoms with E-state index in [1.54, 1.807) is 12.1 Å². The molecule has 1 aromatic heterocycles. The number of benzene rings is 1. The molecule has 0 fully saturated rings. The maximum Gasteiger partial charge on any atom is 0.335 e. The van der Waals surface area contributed by atoms with Crippen molar-refractivity contribution >= 4 is 5.97 Å². The number of aromatic carboxylic acids is 1. The number of hydrogen-bond donors (Lipinski definition) is 1. The minimum atomic E-state index is -0.962. The van der Waals surface area contributed by atoms with Crippen LogP contribution in [0.5, 0.6) is 5.75 Å². The zero-order chi connectivity index (χ0) is 14.5. The van der Waals surface area contributed by atoms with E-state index in [9.17, 15) is 4.79 Å². The first-order valence-electron chi connectivity index (χ1n) is 6.60. The van der Waals surface area contributed by atoms with E-state index in [2.05, 4.69) is 18.9 Å². The summed E-state index contributed by atoms with van der Waals surface area (Å²) < 4.78 is 7.48. The summed E-state index contributed by atoms with van der Waals surface area (Å²) in [5.41, 5.74) is 1.04. The van der Waals surface area contributed by atoms with Crippen LogP contribution < -0.4 is 4.74 Å². The summed E-state index contributed by atoms with van der Waals surface area (Å²) in [6, 6.07) is 8.71. The molecule has 0 aliphatic carbocycles. The van der Waals surface area contributed by atoms with E-state index in [4.69, 9.17) is 9.84 Å². The van der Waals surface area contributed by atoms with Crippen molar-refractivity contribution in [2.24, 2.45) is 0 Å². The second kappa shape index (κ2) is 6.23. The molecule has 0 saturated heterocycles. The van der Waals surface area contributed by atoms with Gasteiger partial charge in [0.2, 0.25) is 0 Å². The van der Waals surface area contributed by atoms with Gasteiger partial charge in [0.15, 0.2) is 0 Å². The van der Waals surface area contributed by atoms with Crippen LogP contribution in [0.1, 0.15) is 42.4 Å². The summed E-state index contributed by atoms with van der Waals surface area (Å²) >= 11 is 0. The molecule has 1 heterocycles. The molecule has 106 valence electrons. The Kier molecular flexibility index (Phi) is 4.40. The number of hydrogen-bond acceptors (Lipinski definition) is 3. The second-order valence-corrected chi connectivity index (χ2v) is 4.67. The van der Waals surface area contributed by atoms with Gasteiger partial charge in [0.1, 0.15) is 12.4 Å². The van der Waals surface area contributed by atoms with E-state index in [0.717, 1.165) is 12.1 Å². The summed E-state index contributed by atoms with van der Waals surface area (Å²) in [6.07, 6.45) is 2.95. The Morgan fingerprint density at radius 2 is 2.25 bits per heavy atom. The van der Waals surface area contributed by atoms with Gasteiger partial charge in [0, 0.05) is 12.2 Å². The van der Waals surface area contributed by atoms with Crippen LogP contribution in [0, 0.1) is 0 Å². The van der Waals surface area contributed by atoms with Crippen molar-refractivity contribution in [1.82, 2.24) is 9.78 Å². The maximum absolute atomic E-state index is 10.9. The third-order valence-corrected chi connectivity index (χ3v) is 3.17. The van der Waals surface area contributed by atoms with E-state index >= 15 is 0 Å². The molecule has 5 heteroatoms. The third-order valence-electron chi connectivity index (χ3n) is 3.17. The molecule has 0 saturated carbocycles. The van der Waals surface area contributed by atoms with Gasteiger partial charge in [-0.15, -0.1) is 0 Å². The molecule has 1 atom stereocenters. The Morgan fingerprint density at radius 1 is 1.45 bits per heavy atom. The van der Waals surface area contributed by atoms with E-state index in [1.165, 1.54) is 12.1 Å². The standard InChI is InChI=1S/C15H18N2O3/c1-3-11(2)17-8-7-13(16-17)10-20-14-6-4-5-12(9-14)15(18)19/h4-9,11H,3,10H2,1-2H3,(H,18,19). The van der Waals surface area contributed by atoms with Gasteiger partial charge in [-0.2, -0.15) is 5.10 Å². The summed E-state index contributed by atoms with van der Waals surface area (Å²) in [5, 5.41) is 13.3. The monoisotopic (exact) mass is 274 g/mol. The molecule has 1 unspecified atom stereocenters. The fraction of sp³-hybridized carbons (Fsp3) is 0.333. The molecule has 0 amide bonds. The molecular formula is C15H18N2O3. The Labute approximate surface area is 117 Å². The fourth-order valence-corrected chi connectivity index (χ4v) is 1.76. The molecule has 0 bridgehead atoms. The molecular weight excluding hydrogens is 256 g/mol. The number of aromatic nitrogens is 2. The predicted molar refractivity (Wildman–Crippen MR) is 75.0 cm³/mol.